The van der Waals surface area contributed by atoms with Crippen LogP contribution >= 0.6 is 0 Å². The van der Waals surface area contributed by atoms with Crippen LogP contribution < -0.4 is 4.74 Å². The van der Waals surface area contributed by atoms with Crippen molar-refractivity contribution in [2.24, 2.45) is 7.05 Å². The van der Waals surface area contributed by atoms with E-state index in [1.165, 1.54) is 0 Å². The molecule has 5 rings (SSSR count). The van der Waals surface area contributed by atoms with E-state index in [1.807, 2.05) is 43.7 Å². The zero-order chi connectivity index (χ0) is 22.8. The third-order valence-electron chi connectivity index (χ3n) is 5.57. The van der Waals surface area contributed by atoms with Gasteiger partial charge in [-0.2, -0.15) is 5.10 Å². The van der Waals surface area contributed by atoms with Crippen molar-refractivity contribution in [3.05, 3.63) is 55.2 Å². The summed E-state index contributed by atoms with van der Waals surface area (Å²) in [6, 6.07) is 8.03. The molecular weight excluding hydrogens is 424 g/mol. The third-order valence-corrected chi connectivity index (χ3v) is 5.57. The molecule has 0 radical (unpaired) electrons. The molecule has 0 saturated carbocycles. The Kier molecular flexibility index (Phi) is 5.57. The molecule has 10 nitrogen and oxygen atoms in total. The summed E-state index contributed by atoms with van der Waals surface area (Å²) in [5.41, 5.74) is 4.04. The number of hydrogen-bond donors (Lipinski definition) is 1. The molecule has 0 atom stereocenters. The van der Waals surface area contributed by atoms with Gasteiger partial charge in [0.15, 0.2) is 5.82 Å². The number of rotatable bonds is 5. The Morgan fingerprint density at radius 2 is 1.82 bits per heavy atom. The number of aryl methyl sites for hydroxylation is 1. The quantitative estimate of drug-likeness (QED) is 0.460. The van der Waals surface area contributed by atoms with E-state index < -0.39 is 6.16 Å². The number of benzene rings is 1. The van der Waals surface area contributed by atoms with Gasteiger partial charge in [-0.1, -0.05) is 18.2 Å². The maximum absolute atomic E-state index is 11.2. The van der Waals surface area contributed by atoms with Crippen LogP contribution in [-0.4, -0.2) is 54.0 Å². The molecular formula is C23H22N6O4. The minimum Gasteiger partial charge on any atom is -0.449 e. The molecule has 1 aromatic carbocycles. The lowest BCUT2D eigenvalue weighted by Gasteiger charge is -2.22. The number of ether oxygens (including phenoxy) is 2. The number of carboxylic acid groups (broad SMARTS) is 1. The van der Waals surface area contributed by atoms with Crippen molar-refractivity contribution in [2.45, 2.75) is 18.9 Å². The molecule has 0 spiro atoms. The predicted molar refractivity (Wildman–Crippen MR) is 119 cm³/mol. The standard InChI is InChI=1S/C23H22N6O4/c1-28-13-18(12-26-28)15-3-2-4-16(9-15)21-24-10-17(11-25-21)20-14-29(19-5-7-32-8-6-19)27-22(20)33-23(30)31/h2-4,9-14,19H,5-8H2,1H3,(H,30,31). The van der Waals surface area contributed by atoms with Gasteiger partial charge in [-0.15, -0.1) is 5.10 Å². The monoisotopic (exact) mass is 446 g/mol. The van der Waals surface area contributed by atoms with Crippen molar-refractivity contribution in [3.63, 3.8) is 0 Å². The summed E-state index contributed by atoms with van der Waals surface area (Å²) in [7, 11) is 1.88. The Morgan fingerprint density at radius 1 is 1.06 bits per heavy atom. The summed E-state index contributed by atoms with van der Waals surface area (Å²) in [5.74, 6) is 0.575. The topological polar surface area (TPSA) is 117 Å². The van der Waals surface area contributed by atoms with E-state index in [1.54, 1.807) is 28.0 Å². The Balaban J connectivity index is 1.44. The number of hydrogen-bond acceptors (Lipinski definition) is 7. The average molecular weight is 446 g/mol. The van der Waals surface area contributed by atoms with Gasteiger partial charge < -0.3 is 14.6 Å². The fraction of sp³-hybridized carbons (Fsp3) is 0.261. The summed E-state index contributed by atoms with van der Waals surface area (Å²) in [6.07, 6.45) is 9.03. The summed E-state index contributed by atoms with van der Waals surface area (Å²) in [4.78, 5) is 20.2. The maximum atomic E-state index is 11.2. The van der Waals surface area contributed by atoms with Gasteiger partial charge in [0.2, 0.25) is 0 Å². The van der Waals surface area contributed by atoms with Gasteiger partial charge in [-0.3, -0.25) is 9.36 Å². The predicted octanol–water partition coefficient (Wildman–Crippen LogP) is 3.82. The summed E-state index contributed by atoms with van der Waals surface area (Å²) in [5, 5.41) is 17.7. The molecule has 0 amide bonds. The molecule has 4 heterocycles. The van der Waals surface area contributed by atoms with Crippen molar-refractivity contribution in [1.29, 1.82) is 0 Å². The van der Waals surface area contributed by atoms with Crippen LogP contribution in [0.4, 0.5) is 4.79 Å². The lowest BCUT2D eigenvalue weighted by atomic mass is 10.1. The summed E-state index contributed by atoms with van der Waals surface area (Å²) in [6.45, 7) is 1.29. The first-order valence-corrected chi connectivity index (χ1v) is 10.6. The minimum absolute atomic E-state index is 0.0175. The van der Waals surface area contributed by atoms with Crippen molar-refractivity contribution in [1.82, 2.24) is 29.5 Å². The highest BCUT2D eigenvalue weighted by Gasteiger charge is 2.22. The minimum atomic E-state index is -1.42. The normalized spacial score (nSPS) is 14.3. The van der Waals surface area contributed by atoms with E-state index in [2.05, 4.69) is 20.2 Å². The van der Waals surface area contributed by atoms with Crippen LogP contribution in [0, 0.1) is 0 Å². The van der Waals surface area contributed by atoms with Crippen molar-refractivity contribution < 1.29 is 19.4 Å². The van der Waals surface area contributed by atoms with Crippen LogP contribution in [0.25, 0.3) is 33.6 Å². The number of carbonyl (C=O) groups is 1. The second-order valence-electron chi connectivity index (χ2n) is 7.82. The fourth-order valence-corrected chi connectivity index (χ4v) is 3.89. The Bertz CT molecular complexity index is 1270. The van der Waals surface area contributed by atoms with E-state index in [0.717, 1.165) is 29.5 Å². The molecule has 10 heteroatoms. The van der Waals surface area contributed by atoms with Crippen molar-refractivity contribution >= 4 is 6.16 Å². The van der Waals surface area contributed by atoms with Crippen LogP contribution in [0.3, 0.4) is 0 Å². The maximum Gasteiger partial charge on any atom is 0.512 e. The summed E-state index contributed by atoms with van der Waals surface area (Å²) < 4.78 is 13.9. The molecule has 168 valence electrons. The molecule has 3 aromatic heterocycles. The van der Waals surface area contributed by atoms with Crippen molar-refractivity contribution in [3.8, 4) is 39.5 Å². The molecule has 1 aliphatic heterocycles. The SMILES string of the molecule is Cn1cc(-c2cccc(-c3ncc(-c4cn(C5CCOCC5)nc4OC(=O)O)cn3)c2)cn1. The second kappa shape index (κ2) is 8.83. The van der Waals surface area contributed by atoms with Crippen LogP contribution in [0.5, 0.6) is 5.88 Å². The average Bonchev–Trinajstić information content (AvgIpc) is 3.46. The van der Waals surface area contributed by atoms with Crippen LogP contribution in [0.2, 0.25) is 0 Å². The highest BCUT2D eigenvalue weighted by molar-refractivity contribution is 5.73. The lowest BCUT2D eigenvalue weighted by molar-refractivity contribution is 0.0657. The van der Waals surface area contributed by atoms with E-state index in [9.17, 15) is 4.79 Å². The molecule has 0 bridgehead atoms. The van der Waals surface area contributed by atoms with Crippen LogP contribution in [0.15, 0.2) is 55.2 Å². The van der Waals surface area contributed by atoms with Gasteiger partial charge in [0.05, 0.1) is 17.8 Å². The third kappa shape index (κ3) is 4.46. The lowest BCUT2D eigenvalue weighted by Crippen LogP contribution is -2.20. The Labute approximate surface area is 189 Å². The molecule has 33 heavy (non-hydrogen) atoms. The van der Waals surface area contributed by atoms with Gasteiger partial charge in [-0.25, -0.2) is 14.8 Å². The zero-order valence-electron chi connectivity index (χ0n) is 18.0. The van der Waals surface area contributed by atoms with Gasteiger partial charge >= 0.3 is 6.16 Å². The number of aromatic nitrogens is 6. The smallest absolute Gasteiger partial charge is 0.449 e. The molecule has 1 saturated heterocycles. The Morgan fingerprint density at radius 3 is 2.52 bits per heavy atom. The fourth-order valence-electron chi connectivity index (χ4n) is 3.89. The number of nitrogens with zero attached hydrogens (tertiary/aromatic N) is 6. The van der Waals surface area contributed by atoms with Gasteiger partial charge in [0, 0.05) is 61.7 Å². The van der Waals surface area contributed by atoms with Crippen molar-refractivity contribution in [2.75, 3.05) is 13.2 Å². The molecule has 1 N–H and O–H groups in total. The molecule has 4 aromatic rings. The first kappa shape index (κ1) is 20.8. The first-order chi connectivity index (χ1) is 16.1. The zero-order valence-corrected chi connectivity index (χ0v) is 18.0. The summed E-state index contributed by atoms with van der Waals surface area (Å²) >= 11 is 0. The molecule has 1 aliphatic rings. The van der Waals surface area contributed by atoms with Gasteiger partial charge in [-0.05, 0) is 24.5 Å². The van der Waals surface area contributed by atoms with Gasteiger partial charge in [0.1, 0.15) is 0 Å². The van der Waals surface area contributed by atoms with Crippen LogP contribution in [-0.2, 0) is 11.8 Å². The van der Waals surface area contributed by atoms with E-state index >= 15 is 0 Å². The molecule has 0 aliphatic carbocycles. The Hall–Kier alpha value is -4.05. The second-order valence-corrected chi connectivity index (χ2v) is 7.82. The van der Waals surface area contributed by atoms with E-state index in [0.29, 0.717) is 30.2 Å². The van der Waals surface area contributed by atoms with Gasteiger partial charge in [0.25, 0.3) is 5.88 Å². The highest BCUT2D eigenvalue weighted by atomic mass is 16.7. The highest BCUT2D eigenvalue weighted by Crippen LogP contribution is 2.32. The molecule has 0 unspecified atom stereocenters. The van der Waals surface area contributed by atoms with Crippen LogP contribution in [0.1, 0.15) is 18.9 Å². The van der Waals surface area contributed by atoms with E-state index in [4.69, 9.17) is 14.6 Å². The first-order valence-electron chi connectivity index (χ1n) is 10.6. The molecule has 1 fully saturated rings. The largest absolute Gasteiger partial charge is 0.512 e. The van der Waals surface area contributed by atoms with E-state index in [-0.39, 0.29) is 11.9 Å².